The summed E-state index contributed by atoms with van der Waals surface area (Å²) in [6.45, 7) is 4.14. The highest BCUT2D eigenvalue weighted by molar-refractivity contribution is 5.80. The maximum atomic E-state index is 5.28. The third-order valence-electron chi connectivity index (χ3n) is 3.20. The predicted molar refractivity (Wildman–Crippen MR) is 71.3 cm³/mol. The van der Waals surface area contributed by atoms with Crippen molar-refractivity contribution in [3.63, 3.8) is 0 Å². The number of imidazole rings is 1. The van der Waals surface area contributed by atoms with Gasteiger partial charge in [0.2, 0.25) is 0 Å². The third-order valence-corrected chi connectivity index (χ3v) is 3.20. The first-order valence-electron chi connectivity index (χ1n) is 5.83. The minimum atomic E-state index is -0.209. The summed E-state index contributed by atoms with van der Waals surface area (Å²) >= 11 is 0. The van der Waals surface area contributed by atoms with E-state index in [9.17, 15) is 0 Å². The van der Waals surface area contributed by atoms with Crippen LogP contribution in [0.4, 0.5) is 0 Å². The van der Waals surface area contributed by atoms with E-state index in [1.807, 2.05) is 19.2 Å². The molecular formula is C13H19N3O2. The van der Waals surface area contributed by atoms with Crippen molar-refractivity contribution < 1.29 is 9.47 Å². The van der Waals surface area contributed by atoms with E-state index in [1.54, 1.807) is 14.2 Å². The maximum absolute atomic E-state index is 5.28. The van der Waals surface area contributed by atoms with Gasteiger partial charge >= 0.3 is 0 Å². The van der Waals surface area contributed by atoms with Crippen LogP contribution in [0, 0.1) is 0 Å². The fourth-order valence-electron chi connectivity index (χ4n) is 1.75. The van der Waals surface area contributed by atoms with E-state index in [2.05, 4.69) is 29.1 Å². The van der Waals surface area contributed by atoms with Gasteiger partial charge in [0.15, 0.2) is 11.5 Å². The largest absolute Gasteiger partial charge is 0.493 e. The van der Waals surface area contributed by atoms with E-state index < -0.39 is 0 Å². The van der Waals surface area contributed by atoms with Crippen LogP contribution < -0.4 is 14.8 Å². The molecule has 0 aliphatic rings. The van der Waals surface area contributed by atoms with Gasteiger partial charge in [0, 0.05) is 12.1 Å². The second kappa shape index (κ2) is 4.49. The summed E-state index contributed by atoms with van der Waals surface area (Å²) < 4.78 is 10.5. The van der Waals surface area contributed by atoms with Crippen LogP contribution in [-0.4, -0.2) is 31.2 Å². The lowest BCUT2D eigenvalue weighted by atomic mass is 10.1. The van der Waals surface area contributed by atoms with E-state index in [0.717, 1.165) is 16.9 Å². The number of aromatic amines is 1. The number of rotatable bonds is 4. The number of methoxy groups -OCH3 is 2. The Labute approximate surface area is 107 Å². The standard InChI is InChI=1S/C13H19N3O2/c1-13(2,14-3)12-15-8-6-10(17-4)11(18-5)7-9(8)16-12/h6-7,14H,1-5H3,(H,15,16). The minimum Gasteiger partial charge on any atom is -0.493 e. The molecule has 2 aromatic rings. The molecule has 1 aromatic carbocycles. The fourth-order valence-corrected chi connectivity index (χ4v) is 1.75. The number of benzene rings is 1. The third kappa shape index (κ3) is 2.01. The highest BCUT2D eigenvalue weighted by Gasteiger charge is 2.22. The number of H-pyrrole nitrogens is 1. The first kappa shape index (κ1) is 12.7. The second-order valence-corrected chi connectivity index (χ2v) is 4.68. The Hall–Kier alpha value is -1.75. The van der Waals surface area contributed by atoms with Crippen LogP contribution >= 0.6 is 0 Å². The van der Waals surface area contributed by atoms with Crippen LogP contribution in [-0.2, 0) is 5.54 Å². The Bertz CT molecular complexity index is 520. The van der Waals surface area contributed by atoms with Crippen molar-refractivity contribution in [2.75, 3.05) is 21.3 Å². The van der Waals surface area contributed by atoms with Crippen LogP contribution in [0.3, 0.4) is 0 Å². The van der Waals surface area contributed by atoms with Gasteiger partial charge in [-0.15, -0.1) is 0 Å². The van der Waals surface area contributed by atoms with Gasteiger partial charge in [-0.05, 0) is 20.9 Å². The van der Waals surface area contributed by atoms with Crippen molar-refractivity contribution in [1.29, 1.82) is 0 Å². The summed E-state index contributed by atoms with van der Waals surface area (Å²) in [5, 5.41) is 3.22. The number of nitrogens with zero attached hydrogens (tertiary/aromatic N) is 1. The van der Waals surface area contributed by atoms with Crippen LogP contribution in [0.2, 0.25) is 0 Å². The van der Waals surface area contributed by atoms with E-state index in [1.165, 1.54) is 0 Å². The van der Waals surface area contributed by atoms with Crippen LogP contribution in [0.15, 0.2) is 12.1 Å². The van der Waals surface area contributed by atoms with E-state index in [-0.39, 0.29) is 5.54 Å². The SMILES string of the molecule is CNC(C)(C)c1nc2cc(OC)c(OC)cc2[nH]1. The molecule has 0 saturated carbocycles. The molecule has 0 saturated heterocycles. The molecule has 0 aliphatic heterocycles. The fraction of sp³-hybridized carbons (Fsp3) is 0.462. The molecule has 0 fully saturated rings. The molecule has 1 heterocycles. The molecule has 0 aliphatic carbocycles. The van der Waals surface area contributed by atoms with Crippen LogP contribution in [0.1, 0.15) is 19.7 Å². The highest BCUT2D eigenvalue weighted by Crippen LogP contribution is 2.32. The summed E-state index contributed by atoms with van der Waals surface area (Å²) in [6.07, 6.45) is 0. The molecule has 5 nitrogen and oxygen atoms in total. The lowest BCUT2D eigenvalue weighted by Crippen LogP contribution is -2.34. The van der Waals surface area contributed by atoms with Crippen molar-refractivity contribution in [2.24, 2.45) is 0 Å². The van der Waals surface area contributed by atoms with E-state index in [0.29, 0.717) is 11.5 Å². The van der Waals surface area contributed by atoms with Crippen molar-refractivity contribution in [1.82, 2.24) is 15.3 Å². The first-order chi connectivity index (χ1) is 8.51. The zero-order chi connectivity index (χ0) is 13.3. The molecular weight excluding hydrogens is 230 g/mol. The molecule has 5 heteroatoms. The van der Waals surface area contributed by atoms with Gasteiger partial charge in [-0.3, -0.25) is 0 Å². The van der Waals surface area contributed by atoms with Gasteiger partial charge in [-0.2, -0.15) is 0 Å². The average molecular weight is 249 g/mol. The smallest absolute Gasteiger partial charge is 0.163 e. The Morgan fingerprint density at radius 2 is 1.78 bits per heavy atom. The number of nitrogens with one attached hydrogen (secondary N) is 2. The molecule has 18 heavy (non-hydrogen) atoms. The lowest BCUT2D eigenvalue weighted by molar-refractivity contribution is 0.356. The molecule has 2 rings (SSSR count). The summed E-state index contributed by atoms with van der Waals surface area (Å²) in [4.78, 5) is 7.89. The van der Waals surface area contributed by atoms with Gasteiger partial charge in [0.05, 0.1) is 30.8 Å². The van der Waals surface area contributed by atoms with Crippen LogP contribution in [0.5, 0.6) is 11.5 Å². The van der Waals surface area contributed by atoms with Crippen LogP contribution in [0.25, 0.3) is 11.0 Å². The molecule has 0 atom stereocenters. The van der Waals surface area contributed by atoms with E-state index >= 15 is 0 Å². The minimum absolute atomic E-state index is 0.209. The molecule has 0 bridgehead atoms. The Morgan fingerprint density at radius 3 is 2.33 bits per heavy atom. The zero-order valence-corrected chi connectivity index (χ0v) is 11.4. The quantitative estimate of drug-likeness (QED) is 0.870. The first-order valence-corrected chi connectivity index (χ1v) is 5.83. The molecule has 1 aromatic heterocycles. The van der Waals surface area contributed by atoms with Gasteiger partial charge in [0.1, 0.15) is 5.82 Å². The monoisotopic (exact) mass is 249 g/mol. The normalized spacial score (nSPS) is 11.8. The lowest BCUT2D eigenvalue weighted by Gasteiger charge is -2.20. The number of hydrogen-bond donors (Lipinski definition) is 2. The van der Waals surface area contributed by atoms with Crippen molar-refractivity contribution in [3.8, 4) is 11.5 Å². The van der Waals surface area contributed by atoms with Crippen molar-refractivity contribution in [2.45, 2.75) is 19.4 Å². The second-order valence-electron chi connectivity index (χ2n) is 4.68. The molecule has 0 unspecified atom stereocenters. The molecule has 0 spiro atoms. The van der Waals surface area contributed by atoms with Gasteiger partial charge < -0.3 is 19.8 Å². The topological polar surface area (TPSA) is 59.2 Å². The number of ether oxygens (including phenoxy) is 2. The molecule has 98 valence electrons. The Morgan fingerprint density at radius 1 is 1.17 bits per heavy atom. The molecule has 2 N–H and O–H groups in total. The summed E-state index contributed by atoms with van der Waals surface area (Å²) in [5.74, 6) is 2.27. The zero-order valence-electron chi connectivity index (χ0n) is 11.4. The number of aromatic nitrogens is 2. The number of fused-ring (bicyclic) bond motifs is 1. The Kier molecular flexibility index (Phi) is 3.17. The summed E-state index contributed by atoms with van der Waals surface area (Å²) in [6, 6.07) is 3.77. The predicted octanol–water partition coefficient (Wildman–Crippen LogP) is 2.03. The van der Waals surface area contributed by atoms with Gasteiger partial charge in [0.25, 0.3) is 0 Å². The maximum Gasteiger partial charge on any atom is 0.163 e. The average Bonchev–Trinajstić information content (AvgIpc) is 2.80. The highest BCUT2D eigenvalue weighted by atomic mass is 16.5. The van der Waals surface area contributed by atoms with Gasteiger partial charge in [-0.1, -0.05) is 0 Å². The summed E-state index contributed by atoms with van der Waals surface area (Å²) in [5.41, 5.74) is 1.59. The summed E-state index contributed by atoms with van der Waals surface area (Å²) in [7, 11) is 5.15. The van der Waals surface area contributed by atoms with Gasteiger partial charge in [-0.25, -0.2) is 4.98 Å². The Balaban J connectivity index is 2.58. The number of hydrogen-bond acceptors (Lipinski definition) is 4. The van der Waals surface area contributed by atoms with E-state index in [4.69, 9.17) is 9.47 Å². The van der Waals surface area contributed by atoms with Crippen molar-refractivity contribution in [3.05, 3.63) is 18.0 Å². The molecule has 0 amide bonds. The van der Waals surface area contributed by atoms with Crippen molar-refractivity contribution >= 4 is 11.0 Å². The molecule has 0 radical (unpaired) electrons.